The van der Waals surface area contributed by atoms with Gasteiger partial charge in [0.2, 0.25) is 0 Å². The Balaban J connectivity index is 3.00. The molecule has 5 heteroatoms. The maximum absolute atomic E-state index is 10.8. The molecule has 10 heavy (non-hydrogen) atoms. The van der Waals surface area contributed by atoms with Crippen LogP contribution in [-0.2, 0) is 4.79 Å². The fraction of sp³-hybridized carbons (Fsp3) is 0.200. The Kier molecular flexibility index (Phi) is 1.40. The summed E-state index contributed by atoms with van der Waals surface area (Å²) in [6.45, 7) is 3.30. The molecular formula is C5H5ClN2O2. The molecule has 0 aliphatic carbocycles. The molecule has 1 saturated heterocycles. The number of hydrogen-bond acceptors (Lipinski definition) is 2. The minimum Gasteiger partial charge on any atom is -0.267 e. The second-order valence-corrected chi connectivity index (χ2v) is 2.21. The third-order valence-electron chi connectivity index (χ3n) is 1.24. The summed E-state index contributed by atoms with van der Waals surface area (Å²) in [5.41, 5.74) is -0.00540. The molecule has 1 aliphatic heterocycles. The van der Waals surface area contributed by atoms with Crippen molar-refractivity contribution >= 4 is 23.7 Å². The van der Waals surface area contributed by atoms with Crippen LogP contribution in [0.5, 0.6) is 0 Å². The van der Waals surface area contributed by atoms with E-state index in [1.54, 1.807) is 0 Å². The second-order valence-electron chi connectivity index (χ2n) is 1.87. The largest absolute Gasteiger partial charge is 0.346 e. The predicted octanol–water partition coefficient (Wildman–Crippen LogP) is 0.548. The second kappa shape index (κ2) is 1.98. The number of amides is 3. The zero-order valence-corrected chi connectivity index (χ0v) is 6.05. The highest BCUT2D eigenvalue weighted by molar-refractivity contribution is 6.30. The lowest BCUT2D eigenvalue weighted by Gasteiger charge is -2.02. The van der Waals surface area contributed by atoms with Crippen LogP contribution in [0.4, 0.5) is 4.79 Å². The van der Waals surface area contributed by atoms with Gasteiger partial charge in [0.15, 0.2) is 0 Å². The first kappa shape index (κ1) is 7.08. The van der Waals surface area contributed by atoms with Gasteiger partial charge in [-0.25, -0.2) is 4.79 Å². The van der Waals surface area contributed by atoms with E-state index in [0.29, 0.717) is 4.42 Å². The van der Waals surface area contributed by atoms with Gasteiger partial charge in [-0.05, 0) is 0 Å². The van der Waals surface area contributed by atoms with Crippen molar-refractivity contribution in [3.05, 3.63) is 12.3 Å². The number of carbonyl (C=O) groups is 2. The normalized spacial score (nSPS) is 19.2. The van der Waals surface area contributed by atoms with Gasteiger partial charge in [0.05, 0.1) is 0 Å². The number of nitrogens with zero attached hydrogens (tertiary/aromatic N) is 2. The average molecular weight is 161 g/mol. The van der Waals surface area contributed by atoms with E-state index in [4.69, 9.17) is 11.8 Å². The van der Waals surface area contributed by atoms with E-state index in [0.717, 1.165) is 4.90 Å². The maximum atomic E-state index is 10.8. The molecule has 0 aromatic heterocycles. The lowest BCUT2D eigenvalue weighted by Crippen LogP contribution is -2.25. The monoisotopic (exact) mass is 160 g/mol. The van der Waals surface area contributed by atoms with Crippen molar-refractivity contribution in [3.63, 3.8) is 0 Å². The summed E-state index contributed by atoms with van der Waals surface area (Å²) in [6, 6.07) is -0.559. The maximum Gasteiger partial charge on any atom is 0.346 e. The molecule has 0 aromatic carbocycles. The number of hydrogen-bond donors (Lipinski definition) is 0. The van der Waals surface area contributed by atoms with Crippen LogP contribution in [0.3, 0.4) is 0 Å². The molecule has 0 atom stereocenters. The number of likely N-dealkylation sites (N-methyl/N-ethyl adjacent to an activating group) is 1. The molecule has 0 unspecified atom stereocenters. The smallest absolute Gasteiger partial charge is 0.267 e. The van der Waals surface area contributed by atoms with E-state index in [1.807, 2.05) is 0 Å². The van der Waals surface area contributed by atoms with Gasteiger partial charge in [-0.15, -0.1) is 0 Å². The van der Waals surface area contributed by atoms with E-state index < -0.39 is 11.9 Å². The SMILES string of the molecule is C=C1C(=O)N(C)C(=O)N1Cl. The van der Waals surface area contributed by atoms with Crippen LogP contribution in [0, 0.1) is 0 Å². The molecule has 54 valence electrons. The highest BCUT2D eigenvalue weighted by atomic mass is 35.5. The zero-order chi connectivity index (χ0) is 7.89. The Labute approximate surface area is 62.8 Å². The van der Waals surface area contributed by atoms with Crippen LogP contribution in [0.1, 0.15) is 0 Å². The summed E-state index contributed by atoms with van der Waals surface area (Å²) in [4.78, 5) is 22.5. The Bertz CT molecular complexity index is 204. The van der Waals surface area contributed by atoms with Gasteiger partial charge in [0.25, 0.3) is 5.91 Å². The quantitative estimate of drug-likeness (QED) is 0.295. The summed E-state index contributed by atoms with van der Waals surface area (Å²) < 4.78 is 0.697. The van der Waals surface area contributed by atoms with Gasteiger partial charge >= 0.3 is 6.03 Å². The number of imide groups is 1. The van der Waals surface area contributed by atoms with Gasteiger partial charge < -0.3 is 0 Å². The first-order valence-electron chi connectivity index (χ1n) is 2.52. The van der Waals surface area contributed by atoms with E-state index in [9.17, 15) is 9.59 Å². The molecule has 0 bridgehead atoms. The standard InChI is InChI=1S/C5H5ClN2O2/c1-3-4(9)7(2)5(10)8(3)6/h1H2,2H3. The van der Waals surface area contributed by atoms with Crippen molar-refractivity contribution in [3.8, 4) is 0 Å². The van der Waals surface area contributed by atoms with Crippen molar-refractivity contribution in [2.45, 2.75) is 0 Å². The van der Waals surface area contributed by atoms with Crippen LogP contribution in [0.25, 0.3) is 0 Å². The fourth-order valence-corrected chi connectivity index (χ4v) is 0.797. The van der Waals surface area contributed by atoms with Crippen LogP contribution >= 0.6 is 11.8 Å². The number of halogens is 1. The molecule has 3 amide bonds. The molecule has 0 N–H and O–H groups in total. The molecule has 1 aliphatic rings. The van der Waals surface area contributed by atoms with Crippen molar-refractivity contribution in [1.29, 1.82) is 0 Å². The molecule has 1 rings (SSSR count). The van der Waals surface area contributed by atoms with Gasteiger partial charge in [-0.3, -0.25) is 9.69 Å². The van der Waals surface area contributed by atoms with Crippen LogP contribution in [0.15, 0.2) is 12.3 Å². The number of urea groups is 1. The van der Waals surface area contributed by atoms with Gasteiger partial charge in [-0.2, -0.15) is 4.42 Å². The summed E-state index contributed by atoms with van der Waals surface area (Å²) in [6.07, 6.45) is 0. The Morgan fingerprint density at radius 1 is 1.50 bits per heavy atom. The van der Waals surface area contributed by atoms with Gasteiger partial charge in [0, 0.05) is 18.8 Å². The highest BCUT2D eigenvalue weighted by Crippen LogP contribution is 2.19. The molecule has 0 spiro atoms. The first-order valence-corrected chi connectivity index (χ1v) is 2.86. The third-order valence-corrected chi connectivity index (χ3v) is 1.59. The van der Waals surface area contributed by atoms with Gasteiger partial charge in [0.1, 0.15) is 5.70 Å². The summed E-state index contributed by atoms with van der Waals surface area (Å²) in [7, 11) is 1.35. The molecule has 1 heterocycles. The Hall–Kier alpha value is -1.03. The third kappa shape index (κ3) is 0.690. The number of carbonyl (C=O) groups excluding carboxylic acids is 2. The fourth-order valence-electron chi connectivity index (χ4n) is 0.612. The Morgan fingerprint density at radius 3 is 2.10 bits per heavy atom. The lowest BCUT2D eigenvalue weighted by atomic mass is 10.5. The summed E-state index contributed by atoms with van der Waals surface area (Å²) >= 11 is 5.32. The summed E-state index contributed by atoms with van der Waals surface area (Å²) in [5, 5.41) is 0. The van der Waals surface area contributed by atoms with Crippen LogP contribution < -0.4 is 0 Å². The van der Waals surface area contributed by atoms with Crippen molar-refractivity contribution in [1.82, 2.24) is 9.32 Å². The van der Waals surface area contributed by atoms with E-state index in [-0.39, 0.29) is 5.70 Å². The molecule has 4 nitrogen and oxygen atoms in total. The lowest BCUT2D eigenvalue weighted by molar-refractivity contribution is -0.122. The first-order chi connectivity index (χ1) is 4.55. The van der Waals surface area contributed by atoms with E-state index >= 15 is 0 Å². The van der Waals surface area contributed by atoms with E-state index in [2.05, 4.69) is 6.58 Å². The van der Waals surface area contributed by atoms with Gasteiger partial charge in [-0.1, -0.05) is 6.58 Å². The van der Waals surface area contributed by atoms with Crippen LogP contribution in [-0.4, -0.2) is 28.3 Å². The molecular weight excluding hydrogens is 156 g/mol. The predicted molar refractivity (Wildman–Crippen MR) is 35.0 cm³/mol. The minimum absolute atomic E-state index is 0.00540. The minimum atomic E-state index is -0.559. The van der Waals surface area contributed by atoms with Crippen molar-refractivity contribution in [2.75, 3.05) is 7.05 Å². The topological polar surface area (TPSA) is 40.6 Å². The van der Waals surface area contributed by atoms with Crippen molar-refractivity contribution in [2.24, 2.45) is 0 Å². The van der Waals surface area contributed by atoms with Crippen LogP contribution in [0.2, 0.25) is 0 Å². The highest BCUT2D eigenvalue weighted by Gasteiger charge is 2.36. The van der Waals surface area contributed by atoms with Crippen molar-refractivity contribution < 1.29 is 9.59 Å². The zero-order valence-electron chi connectivity index (χ0n) is 5.30. The molecule has 1 fully saturated rings. The Morgan fingerprint density at radius 2 is 2.00 bits per heavy atom. The molecule has 0 aromatic rings. The molecule has 0 radical (unpaired) electrons. The summed E-state index contributed by atoms with van der Waals surface area (Å²) in [5.74, 6) is -0.458. The molecule has 0 saturated carbocycles. The number of rotatable bonds is 0. The van der Waals surface area contributed by atoms with E-state index in [1.165, 1.54) is 7.05 Å². The average Bonchev–Trinajstić information content (AvgIpc) is 2.07.